The molecule has 1 aliphatic rings. The highest BCUT2D eigenvalue weighted by Crippen LogP contribution is 2.30. The van der Waals surface area contributed by atoms with Crippen LogP contribution in [0.1, 0.15) is 53.2 Å². The summed E-state index contributed by atoms with van der Waals surface area (Å²) in [6.07, 6.45) is -0.374. The number of halogens is 1. The van der Waals surface area contributed by atoms with Gasteiger partial charge in [0.25, 0.3) is 0 Å². The van der Waals surface area contributed by atoms with Gasteiger partial charge in [0, 0.05) is 11.4 Å². The summed E-state index contributed by atoms with van der Waals surface area (Å²) >= 11 is 6.60. The van der Waals surface area contributed by atoms with Crippen LogP contribution < -0.4 is 4.74 Å². The second kappa shape index (κ2) is 17.6. The van der Waals surface area contributed by atoms with Crippen LogP contribution in [0.5, 0.6) is 5.75 Å². The molecule has 1 saturated carbocycles. The van der Waals surface area contributed by atoms with Crippen molar-refractivity contribution in [3.8, 4) is 5.75 Å². The summed E-state index contributed by atoms with van der Waals surface area (Å²) < 4.78 is 23.9. The SMILES string of the molecule is OCC(O)[C@@H](OCc1ccccc1)C(CC(O)c1ccc(Cl)c(Cc2ccc(OCCOC3CC3)cc2)c1)OCc1ccccc1. The Morgan fingerprint density at radius 2 is 1.39 bits per heavy atom. The molecule has 1 fully saturated rings. The molecule has 46 heavy (non-hydrogen) atoms. The fourth-order valence-electron chi connectivity index (χ4n) is 5.24. The van der Waals surface area contributed by atoms with E-state index in [9.17, 15) is 15.3 Å². The highest BCUT2D eigenvalue weighted by atomic mass is 35.5. The average Bonchev–Trinajstić information content (AvgIpc) is 3.92. The highest BCUT2D eigenvalue weighted by Gasteiger charge is 2.32. The first-order valence-electron chi connectivity index (χ1n) is 15.9. The summed E-state index contributed by atoms with van der Waals surface area (Å²) in [7, 11) is 0. The molecule has 244 valence electrons. The number of hydrogen-bond donors (Lipinski definition) is 3. The molecule has 8 heteroatoms. The fourth-order valence-corrected chi connectivity index (χ4v) is 5.42. The van der Waals surface area contributed by atoms with E-state index < -0.39 is 31.0 Å². The molecule has 3 N–H and O–H groups in total. The Balaban J connectivity index is 1.26. The topological polar surface area (TPSA) is 97.6 Å². The molecule has 4 aromatic rings. The molecule has 4 atom stereocenters. The molecular formula is C38H43ClO7. The first-order chi connectivity index (χ1) is 22.5. The molecule has 5 rings (SSSR count). The van der Waals surface area contributed by atoms with Crippen LogP contribution in [0.15, 0.2) is 103 Å². The Morgan fingerprint density at radius 1 is 0.739 bits per heavy atom. The smallest absolute Gasteiger partial charge is 0.119 e. The van der Waals surface area contributed by atoms with Crippen molar-refractivity contribution in [3.63, 3.8) is 0 Å². The molecule has 1 aliphatic carbocycles. The van der Waals surface area contributed by atoms with Crippen molar-refractivity contribution in [3.05, 3.63) is 136 Å². The van der Waals surface area contributed by atoms with E-state index in [4.69, 9.17) is 30.5 Å². The molecule has 7 nitrogen and oxygen atoms in total. The van der Waals surface area contributed by atoms with Gasteiger partial charge in [0.2, 0.25) is 0 Å². The van der Waals surface area contributed by atoms with Crippen molar-refractivity contribution in [2.75, 3.05) is 19.8 Å². The van der Waals surface area contributed by atoms with E-state index in [2.05, 4.69) is 0 Å². The van der Waals surface area contributed by atoms with Gasteiger partial charge in [-0.1, -0.05) is 96.5 Å². The maximum atomic E-state index is 11.5. The summed E-state index contributed by atoms with van der Waals surface area (Å²) in [6, 6.07) is 32.7. The predicted molar refractivity (Wildman–Crippen MR) is 178 cm³/mol. The van der Waals surface area contributed by atoms with Crippen molar-refractivity contribution >= 4 is 11.6 Å². The van der Waals surface area contributed by atoms with Gasteiger partial charge >= 0.3 is 0 Å². The lowest BCUT2D eigenvalue weighted by atomic mass is 9.95. The van der Waals surface area contributed by atoms with Crippen molar-refractivity contribution in [1.82, 2.24) is 0 Å². The number of ether oxygens (including phenoxy) is 4. The third-order valence-corrected chi connectivity index (χ3v) is 8.35. The molecule has 0 radical (unpaired) electrons. The lowest BCUT2D eigenvalue weighted by Crippen LogP contribution is -2.43. The molecule has 0 amide bonds. The summed E-state index contributed by atoms with van der Waals surface area (Å²) in [6.45, 7) is 1.07. The minimum absolute atomic E-state index is 0.126. The Bertz CT molecular complexity index is 1450. The fraction of sp³-hybridized carbons (Fsp3) is 0.368. The Labute approximate surface area is 276 Å². The van der Waals surface area contributed by atoms with E-state index in [0.29, 0.717) is 36.3 Å². The van der Waals surface area contributed by atoms with Crippen LogP contribution in [-0.2, 0) is 33.8 Å². The van der Waals surface area contributed by atoms with Gasteiger partial charge in [-0.25, -0.2) is 0 Å². The molecular weight excluding hydrogens is 604 g/mol. The van der Waals surface area contributed by atoms with Crippen molar-refractivity contribution in [1.29, 1.82) is 0 Å². The van der Waals surface area contributed by atoms with Crippen molar-refractivity contribution in [2.24, 2.45) is 0 Å². The second-order valence-corrected chi connectivity index (χ2v) is 12.1. The Kier molecular flexibility index (Phi) is 13.0. The summed E-state index contributed by atoms with van der Waals surface area (Å²) in [5, 5.41) is 32.8. The number of aliphatic hydroxyl groups is 3. The van der Waals surface area contributed by atoms with E-state index >= 15 is 0 Å². The third-order valence-electron chi connectivity index (χ3n) is 7.98. The van der Waals surface area contributed by atoms with Gasteiger partial charge in [-0.05, 0) is 65.3 Å². The summed E-state index contributed by atoms with van der Waals surface area (Å²) in [5.41, 5.74) is 4.46. The monoisotopic (exact) mass is 646 g/mol. The van der Waals surface area contributed by atoms with Crippen LogP contribution in [0.25, 0.3) is 0 Å². The quantitative estimate of drug-likeness (QED) is 0.101. The average molecular weight is 647 g/mol. The zero-order valence-corrected chi connectivity index (χ0v) is 26.7. The van der Waals surface area contributed by atoms with Crippen molar-refractivity contribution in [2.45, 2.75) is 69.4 Å². The molecule has 0 heterocycles. The zero-order valence-electron chi connectivity index (χ0n) is 25.9. The second-order valence-electron chi connectivity index (χ2n) is 11.7. The van der Waals surface area contributed by atoms with E-state index in [-0.39, 0.29) is 19.6 Å². The van der Waals surface area contributed by atoms with Crippen LogP contribution in [0, 0.1) is 0 Å². The molecule has 0 aromatic heterocycles. The number of rotatable bonds is 19. The van der Waals surface area contributed by atoms with E-state index in [1.54, 1.807) is 12.1 Å². The standard InChI is InChI=1S/C38H43ClO7/c39-34-18-13-30(22-31(34)21-27-11-14-32(15-12-27)43-19-20-44-33-16-17-33)35(41)23-37(45-25-28-7-3-1-4-8-28)38(36(42)24-40)46-26-29-9-5-2-6-10-29/h1-15,18,22,33,35-38,40-42H,16-17,19-21,23-26H2/t35?,36?,37?,38-/m1/s1. The normalized spacial score (nSPS) is 15.7. The van der Waals surface area contributed by atoms with Crippen LogP contribution in [0.3, 0.4) is 0 Å². The van der Waals surface area contributed by atoms with Gasteiger partial charge < -0.3 is 34.3 Å². The number of benzene rings is 4. The van der Waals surface area contributed by atoms with Gasteiger partial charge in [-0.3, -0.25) is 0 Å². The van der Waals surface area contributed by atoms with Gasteiger partial charge in [0.15, 0.2) is 0 Å². The van der Waals surface area contributed by atoms with Gasteiger partial charge in [-0.2, -0.15) is 0 Å². The predicted octanol–water partition coefficient (Wildman–Crippen LogP) is 6.44. The van der Waals surface area contributed by atoms with Gasteiger partial charge in [-0.15, -0.1) is 0 Å². The lowest BCUT2D eigenvalue weighted by Gasteiger charge is -2.32. The van der Waals surface area contributed by atoms with Crippen LogP contribution >= 0.6 is 11.6 Å². The first kappa shape index (κ1) is 34.1. The molecule has 3 unspecified atom stereocenters. The minimum Gasteiger partial charge on any atom is -0.491 e. The Hall–Kier alpha value is -3.27. The third kappa shape index (κ3) is 10.6. The minimum atomic E-state index is -1.21. The molecule has 0 spiro atoms. The van der Waals surface area contributed by atoms with E-state index in [1.165, 1.54) is 0 Å². The van der Waals surface area contributed by atoms with Crippen LogP contribution in [-0.4, -0.2) is 59.6 Å². The van der Waals surface area contributed by atoms with E-state index in [0.717, 1.165) is 40.8 Å². The van der Waals surface area contributed by atoms with Crippen molar-refractivity contribution < 1.29 is 34.3 Å². The summed E-state index contributed by atoms with van der Waals surface area (Å²) in [4.78, 5) is 0. The Morgan fingerprint density at radius 3 is 2.02 bits per heavy atom. The largest absolute Gasteiger partial charge is 0.491 e. The molecule has 4 aromatic carbocycles. The first-order valence-corrected chi connectivity index (χ1v) is 16.3. The van der Waals surface area contributed by atoms with Crippen LogP contribution in [0.4, 0.5) is 0 Å². The number of aliphatic hydroxyl groups excluding tert-OH is 3. The van der Waals surface area contributed by atoms with E-state index in [1.807, 2.05) is 91.0 Å². The number of hydrogen-bond acceptors (Lipinski definition) is 7. The maximum absolute atomic E-state index is 11.5. The zero-order chi connectivity index (χ0) is 32.1. The van der Waals surface area contributed by atoms with Gasteiger partial charge in [0.05, 0.1) is 44.7 Å². The molecule has 0 saturated heterocycles. The lowest BCUT2D eigenvalue weighted by molar-refractivity contribution is -0.150. The summed E-state index contributed by atoms with van der Waals surface area (Å²) in [5.74, 6) is 0.786. The molecule has 0 bridgehead atoms. The van der Waals surface area contributed by atoms with Gasteiger partial charge in [0.1, 0.15) is 24.6 Å². The highest BCUT2D eigenvalue weighted by molar-refractivity contribution is 6.31. The maximum Gasteiger partial charge on any atom is 0.119 e. The van der Waals surface area contributed by atoms with Crippen LogP contribution in [0.2, 0.25) is 5.02 Å². The molecule has 0 aliphatic heterocycles.